The van der Waals surface area contributed by atoms with E-state index >= 15 is 0 Å². The minimum atomic E-state index is -0.208. The van der Waals surface area contributed by atoms with Crippen molar-refractivity contribution >= 4 is 46.4 Å². The average molecular weight is 263 g/mol. The van der Waals surface area contributed by atoms with Crippen molar-refractivity contribution in [1.29, 1.82) is 0 Å². The maximum absolute atomic E-state index is 9.27. The van der Waals surface area contributed by atoms with Crippen LogP contribution in [0.3, 0.4) is 0 Å². The van der Waals surface area contributed by atoms with Crippen LogP contribution < -0.4 is 11.3 Å². The molecule has 0 aliphatic rings. The molecule has 0 atom stereocenters. The lowest BCUT2D eigenvalue weighted by Crippen LogP contribution is -2.23. The molecule has 8 heteroatoms. The highest BCUT2D eigenvalue weighted by molar-refractivity contribution is 6.51. The first-order valence-electron chi connectivity index (χ1n) is 2.88. The van der Waals surface area contributed by atoms with Gasteiger partial charge in [0.05, 0.1) is 10.0 Å². The van der Waals surface area contributed by atoms with Crippen LogP contribution in [0.25, 0.3) is 0 Å². The first kappa shape index (κ1) is 10.8. The van der Waals surface area contributed by atoms with E-state index in [1.807, 2.05) is 0 Å². The summed E-state index contributed by atoms with van der Waals surface area (Å²) in [6, 6.07) is 0. The van der Waals surface area contributed by atoms with Gasteiger partial charge in [-0.3, -0.25) is 0 Å². The van der Waals surface area contributed by atoms with Gasteiger partial charge in [-0.1, -0.05) is 46.4 Å². The molecule has 0 fully saturated rings. The molecule has 1 heterocycles. The number of rotatable bonds is 0. The lowest BCUT2D eigenvalue weighted by molar-refractivity contribution is 0.172. The smallest absolute Gasteiger partial charge is 0.208 e. The fraction of sp³-hybridized carbons (Fsp3) is 0. The minimum absolute atomic E-state index is 0.0113. The average Bonchev–Trinajstić information content (AvgIpc) is 2.13. The largest absolute Gasteiger partial charge is 0.425 e. The lowest BCUT2D eigenvalue weighted by atomic mass is 10.5. The molecule has 0 aliphatic carbocycles. The zero-order valence-electron chi connectivity index (χ0n) is 5.93. The topological polar surface area (TPSA) is 63.5 Å². The van der Waals surface area contributed by atoms with Crippen molar-refractivity contribution in [2.24, 2.45) is 10.9 Å². The van der Waals surface area contributed by atoms with Gasteiger partial charge >= 0.3 is 0 Å². The van der Waals surface area contributed by atoms with E-state index in [1.165, 1.54) is 0 Å². The molecule has 3 N–H and O–H groups in total. The zero-order chi connectivity index (χ0) is 10.2. The summed E-state index contributed by atoms with van der Waals surface area (Å²) in [5.41, 5.74) is -0.166. The van der Waals surface area contributed by atoms with Gasteiger partial charge < -0.3 is 11.0 Å². The third-order valence-electron chi connectivity index (χ3n) is 1.27. The Morgan fingerprint density at radius 1 is 1.08 bits per heavy atom. The summed E-state index contributed by atoms with van der Waals surface area (Å²) in [5, 5.41) is 12.1. The van der Waals surface area contributed by atoms with Crippen LogP contribution >= 0.6 is 46.4 Å². The van der Waals surface area contributed by atoms with E-state index in [2.05, 4.69) is 5.10 Å². The highest BCUT2D eigenvalue weighted by Gasteiger charge is 2.15. The van der Waals surface area contributed by atoms with Crippen molar-refractivity contribution < 1.29 is 5.21 Å². The van der Waals surface area contributed by atoms with Gasteiger partial charge in [0.25, 0.3) is 0 Å². The molecule has 0 saturated heterocycles. The van der Waals surface area contributed by atoms with Gasteiger partial charge in [0, 0.05) is 0 Å². The second kappa shape index (κ2) is 3.84. The van der Waals surface area contributed by atoms with Crippen LogP contribution in [0.5, 0.6) is 0 Å². The van der Waals surface area contributed by atoms with Crippen LogP contribution in [0.2, 0.25) is 20.2 Å². The van der Waals surface area contributed by atoms with Gasteiger partial charge in [0.1, 0.15) is 5.02 Å². The summed E-state index contributed by atoms with van der Waals surface area (Å²) >= 11 is 22.5. The molecule has 0 unspecified atom stereocenters. The second-order valence-corrected chi connectivity index (χ2v) is 3.49. The zero-order valence-corrected chi connectivity index (χ0v) is 8.95. The number of halogens is 4. The molecule has 0 bridgehead atoms. The van der Waals surface area contributed by atoms with Crippen LogP contribution in [0.4, 0.5) is 0 Å². The normalized spacial score (nSPS) is 12.2. The molecule has 1 aromatic rings. The first-order valence-corrected chi connectivity index (χ1v) is 4.40. The predicted molar refractivity (Wildman–Crippen MR) is 51.4 cm³/mol. The fourth-order valence-electron chi connectivity index (χ4n) is 0.675. The van der Waals surface area contributed by atoms with Crippen molar-refractivity contribution in [3.05, 3.63) is 25.7 Å². The van der Waals surface area contributed by atoms with Gasteiger partial charge in [-0.05, 0) is 0 Å². The number of hydrogen-bond donors (Lipinski definition) is 2. The van der Waals surface area contributed by atoms with E-state index in [0.717, 1.165) is 0 Å². The Balaban J connectivity index is 3.78. The van der Waals surface area contributed by atoms with E-state index in [9.17, 15) is 5.21 Å². The van der Waals surface area contributed by atoms with Gasteiger partial charge in [-0.15, -0.1) is 0 Å². The third kappa shape index (κ3) is 1.67. The molecule has 4 nitrogen and oxygen atoms in total. The van der Waals surface area contributed by atoms with Gasteiger partial charge in [-0.2, -0.15) is 9.83 Å². The van der Waals surface area contributed by atoms with Gasteiger partial charge in [0.2, 0.25) is 5.49 Å². The van der Waals surface area contributed by atoms with E-state index in [-0.39, 0.29) is 25.7 Å². The number of nitrogens with zero attached hydrogens (tertiary/aromatic N) is 2. The molecule has 1 aromatic heterocycles. The van der Waals surface area contributed by atoms with E-state index < -0.39 is 0 Å². The summed E-state index contributed by atoms with van der Waals surface area (Å²) in [7, 11) is 0. The first-order chi connectivity index (χ1) is 6.00. The minimum Gasteiger partial charge on any atom is -0.425 e. The highest BCUT2D eigenvalue weighted by atomic mass is 35.5. The second-order valence-electron chi connectivity index (χ2n) is 2.00. The third-order valence-corrected chi connectivity index (χ3v) is 3.01. The van der Waals surface area contributed by atoms with E-state index in [1.54, 1.807) is 0 Å². The molecule has 0 radical (unpaired) electrons. The van der Waals surface area contributed by atoms with Crippen molar-refractivity contribution in [3.8, 4) is 0 Å². The summed E-state index contributed by atoms with van der Waals surface area (Å²) in [6.45, 7) is 0. The quantitative estimate of drug-likeness (QED) is 0.326. The van der Waals surface area contributed by atoms with Crippen molar-refractivity contribution in [2.45, 2.75) is 0 Å². The fourth-order valence-corrected chi connectivity index (χ4v) is 1.52. The molecular formula is C5H3Cl4N3O. The molecule has 0 amide bonds. The van der Waals surface area contributed by atoms with Crippen LogP contribution in [0, 0.1) is 0 Å². The Morgan fingerprint density at radius 2 is 1.62 bits per heavy atom. The maximum atomic E-state index is 9.27. The highest BCUT2D eigenvalue weighted by Crippen LogP contribution is 2.32. The molecular weight excluding hydrogens is 260 g/mol. The summed E-state index contributed by atoms with van der Waals surface area (Å²) in [4.78, 5) is 0. The van der Waals surface area contributed by atoms with Gasteiger partial charge in [-0.25, -0.2) is 0 Å². The number of aromatic nitrogens is 1. The Labute approximate surface area is 93.0 Å². The van der Waals surface area contributed by atoms with Crippen LogP contribution in [0.1, 0.15) is 0 Å². The Bertz CT molecular complexity index is 381. The van der Waals surface area contributed by atoms with E-state index in [0.29, 0.717) is 4.73 Å². The molecule has 0 aromatic carbocycles. The van der Waals surface area contributed by atoms with Crippen LogP contribution in [-0.2, 0) is 0 Å². The van der Waals surface area contributed by atoms with Crippen molar-refractivity contribution in [3.63, 3.8) is 0 Å². The number of nitrogens with two attached hydrogens (primary N) is 1. The number of pyridine rings is 1. The van der Waals surface area contributed by atoms with E-state index in [4.69, 9.17) is 52.2 Å². The molecule has 13 heavy (non-hydrogen) atoms. The van der Waals surface area contributed by atoms with Crippen LogP contribution in [0.15, 0.2) is 5.10 Å². The lowest BCUT2D eigenvalue weighted by Gasteiger charge is -2.06. The Kier molecular flexibility index (Phi) is 3.18. The number of hydrogen-bond acceptors (Lipinski definition) is 3. The van der Waals surface area contributed by atoms with Crippen molar-refractivity contribution in [2.75, 3.05) is 0 Å². The monoisotopic (exact) mass is 261 g/mol. The Morgan fingerprint density at radius 3 is 2.08 bits per heavy atom. The molecule has 0 spiro atoms. The maximum Gasteiger partial charge on any atom is 0.208 e. The predicted octanol–water partition coefficient (Wildman–Crippen LogP) is 2.11. The van der Waals surface area contributed by atoms with Crippen molar-refractivity contribution in [1.82, 2.24) is 4.73 Å². The molecule has 0 saturated carbocycles. The van der Waals surface area contributed by atoms with Gasteiger partial charge in [0.15, 0.2) is 5.15 Å². The SMILES string of the molecule is N/N=c1/c(Cl)c(Cl)c(Cl)c(Cl)n1O. The van der Waals surface area contributed by atoms with Crippen LogP contribution in [-0.4, -0.2) is 9.94 Å². The standard InChI is InChI=1S/C5H3Cl4N3O/c6-1-2(7)4(9)12(13)5(11-10)3(1)8/h13H,10H2/b11-5-. The molecule has 72 valence electrons. The summed E-state index contributed by atoms with van der Waals surface area (Å²) in [6.07, 6.45) is 0. The molecule has 0 aliphatic heterocycles. The summed E-state index contributed by atoms with van der Waals surface area (Å²) in [5.74, 6) is 4.94. The molecule has 1 rings (SSSR count). The Hall–Kier alpha value is -0.290. The summed E-state index contributed by atoms with van der Waals surface area (Å²) < 4.78 is 0.443.